The molecular formula is C25H32NO5+. The average molecular weight is 427 g/mol. The first-order valence-electron chi connectivity index (χ1n) is 10.9. The molecular weight excluding hydrogens is 394 g/mol. The van der Waals surface area contributed by atoms with Gasteiger partial charge in [-0.05, 0) is 43.2 Å². The van der Waals surface area contributed by atoms with Crippen molar-refractivity contribution in [2.45, 2.75) is 45.3 Å². The summed E-state index contributed by atoms with van der Waals surface area (Å²) >= 11 is 0. The van der Waals surface area contributed by atoms with Crippen molar-refractivity contribution in [1.82, 2.24) is 0 Å². The number of likely N-dealkylation sites (N-methyl/N-ethyl adjacent to an activating group) is 1. The van der Waals surface area contributed by atoms with Gasteiger partial charge in [0.2, 0.25) is 12.5 Å². The van der Waals surface area contributed by atoms with E-state index < -0.39 is 0 Å². The van der Waals surface area contributed by atoms with E-state index in [4.69, 9.17) is 18.9 Å². The normalized spacial score (nSPS) is 18.6. The lowest BCUT2D eigenvalue weighted by atomic mass is 9.86. The Morgan fingerprint density at radius 2 is 1.94 bits per heavy atom. The molecule has 6 nitrogen and oxygen atoms in total. The van der Waals surface area contributed by atoms with Gasteiger partial charge < -0.3 is 23.4 Å². The van der Waals surface area contributed by atoms with Crippen molar-refractivity contribution in [2.24, 2.45) is 0 Å². The highest BCUT2D eigenvalue weighted by Crippen LogP contribution is 2.51. The van der Waals surface area contributed by atoms with E-state index in [0.717, 1.165) is 40.1 Å². The van der Waals surface area contributed by atoms with Crippen molar-refractivity contribution in [3.63, 3.8) is 0 Å². The maximum Gasteiger partial charge on any atom is 0.231 e. The Morgan fingerprint density at radius 1 is 1.19 bits per heavy atom. The van der Waals surface area contributed by atoms with Crippen molar-refractivity contribution >= 4 is 5.78 Å². The first-order chi connectivity index (χ1) is 14.8. The smallest absolute Gasteiger partial charge is 0.231 e. The molecule has 2 heterocycles. The Morgan fingerprint density at radius 3 is 2.61 bits per heavy atom. The van der Waals surface area contributed by atoms with E-state index in [2.05, 4.69) is 20.2 Å². The highest BCUT2D eigenvalue weighted by atomic mass is 16.7. The van der Waals surface area contributed by atoms with Gasteiger partial charge in [0.25, 0.3) is 0 Å². The van der Waals surface area contributed by atoms with Crippen molar-refractivity contribution in [1.29, 1.82) is 0 Å². The van der Waals surface area contributed by atoms with Crippen LogP contribution in [-0.2, 0) is 17.6 Å². The summed E-state index contributed by atoms with van der Waals surface area (Å²) in [5.41, 5.74) is 3.27. The summed E-state index contributed by atoms with van der Waals surface area (Å²) in [5, 5.41) is 0. The number of ketones is 1. The van der Waals surface area contributed by atoms with Crippen LogP contribution >= 0.6 is 0 Å². The van der Waals surface area contributed by atoms with Crippen molar-refractivity contribution in [3.8, 4) is 23.0 Å². The van der Waals surface area contributed by atoms with Gasteiger partial charge in [0.15, 0.2) is 11.5 Å². The van der Waals surface area contributed by atoms with Crippen molar-refractivity contribution in [3.05, 3.63) is 47.0 Å². The molecule has 31 heavy (non-hydrogen) atoms. The van der Waals surface area contributed by atoms with Gasteiger partial charge in [-0.3, -0.25) is 4.79 Å². The molecule has 0 amide bonds. The van der Waals surface area contributed by atoms with Crippen LogP contribution in [0, 0.1) is 0 Å². The number of methoxy groups -OCH3 is 1. The Labute approximate surface area is 184 Å². The Bertz CT molecular complexity index is 965. The molecule has 0 saturated heterocycles. The number of carbonyl (C=O) groups excluding carboxylic acids is 1. The second kappa shape index (κ2) is 8.42. The Hall–Kier alpha value is -2.73. The first kappa shape index (κ1) is 21.5. The fraction of sp³-hybridized carbons (Fsp3) is 0.480. The van der Waals surface area contributed by atoms with Gasteiger partial charge in [-0.15, -0.1) is 0 Å². The zero-order valence-electron chi connectivity index (χ0n) is 19.1. The first-order valence-corrected chi connectivity index (χ1v) is 10.9. The van der Waals surface area contributed by atoms with E-state index in [0.29, 0.717) is 24.3 Å². The minimum atomic E-state index is 0.00393. The fourth-order valence-electron chi connectivity index (χ4n) is 4.59. The molecule has 0 aliphatic carbocycles. The average Bonchev–Trinajstić information content (AvgIpc) is 3.18. The van der Waals surface area contributed by atoms with Crippen LogP contribution in [0.15, 0.2) is 30.3 Å². The minimum absolute atomic E-state index is 0.00393. The number of rotatable bonds is 7. The zero-order chi connectivity index (χ0) is 22.2. The van der Waals surface area contributed by atoms with Crippen LogP contribution < -0.4 is 18.9 Å². The molecule has 2 aliphatic rings. The minimum Gasteiger partial charge on any atom is -0.492 e. The summed E-state index contributed by atoms with van der Waals surface area (Å²) in [7, 11) is 6.03. The van der Waals surface area contributed by atoms with Crippen LogP contribution in [0.5, 0.6) is 23.0 Å². The van der Waals surface area contributed by atoms with E-state index in [1.54, 1.807) is 7.11 Å². The van der Waals surface area contributed by atoms with Crippen LogP contribution in [-0.4, -0.2) is 50.9 Å². The molecule has 0 fully saturated rings. The SMILES string of the molecule is COc1c2c(cc3c1[C@@H](CC(=O)Cc1ccc(OC(C)C)cc1)[N+](C)(C)CC3)OCO2. The van der Waals surface area contributed by atoms with E-state index >= 15 is 0 Å². The number of fused-ring (bicyclic) bond motifs is 2. The number of quaternary nitrogens is 1. The highest BCUT2D eigenvalue weighted by molar-refractivity contribution is 5.82. The van der Waals surface area contributed by atoms with E-state index in [1.165, 1.54) is 5.56 Å². The molecule has 2 aromatic carbocycles. The molecule has 1 atom stereocenters. The fourth-order valence-corrected chi connectivity index (χ4v) is 4.59. The maximum atomic E-state index is 13.1. The number of ether oxygens (including phenoxy) is 4. The number of Topliss-reactive ketones (excluding diaryl/α,β-unsaturated/α-hetero) is 1. The third-order valence-corrected chi connectivity index (χ3v) is 6.20. The molecule has 6 heteroatoms. The van der Waals surface area contributed by atoms with Gasteiger partial charge in [-0.25, -0.2) is 0 Å². The molecule has 0 unspecified atom stereocenters. The predicted molar refractivity (Wildman–Crippen MR) is 118 cm³/mol. The zero-order valence-corrected chi connectivity index (χ0v) is 19.1. The molecule has 0 N–H and O–H groups in total. The number of benzene rings is 2. The van der Waals surface area contributed by atoms with Crippen molar-refractivity contribution in [2.75, 3.05) is 34.5 Å². The van der Waals surface area contributed by atoms with Crippen LogP contribution in [0.4, 0.5) is 0 Å². The molecule has 0 spiro atoms. The van der Waals surface area contributed by atoms with Crippen LogP contribution in [0.2, 0.25) is 0 Å². The van der Waals surface area contributed by atoms with E-state index in [-0.39, 0.29) is 24.7 Å². The lowest BCUT2D eigenvalue weighted by molar-refractivity contribution is -0.922. The van der Waals surface area contributed by atoms with Gasteiger partial charge in [-0.2, -0.15) is 0 Å². The summed E-state index contributed by atoms with van der Waals surface area (Å²) in [6, 6.07) is 9.88. The summed E-state index contributed by atoms with van der Waals surface area (Å²) in [5.74, 6) is 3.13. The topological polar surface area (TPSA) is 54.0 Å². The van der Waals surface area contributed by atoms with Crippen LogP contribution in [0.25, 0.3) is 0 Å². The monoisotopic (exact) mass is 426 g/mol. The van der Waals surface area contributed by atoms with Gasteiger partial charge in [0.1, 0.15) is 17.6 Å². The van der Waals surface area contributed by atoms with E-state index in [9.17, 15) is 4.79 Å². The largest absolute Gasteiger partial charge is 0.492 e. The second-order valence-corrected chi connectivity index (χ2v) is 9.21. The summed E-state index contributed by atoms with van der Waals surface area (Å²) in [6.45, 7) is 5.16. The number of hydrogen-bond acceptors (Lipinski definition) is 5. The predicted octanol–water partition coefficient (Wildman–Crippen LogP) is 4.09. The highest BCUT2D eigenvalue weighted by Gasteiger charge is 2.42. The van der Waals surface area contributed by atoms with Crippen LogP contribution in [0.3, 0.4) is 0 Å². The summed E-state index contributed by atoms with van der Waals surface area (Å²) in [6.07, 6.45) is 1.89. The molecule has 0 bridgehead atoms. The summed E-state index contributed by atoms with van der Waals surface area (Å²) in [4.78, 5) is 13.1. The number of nitrogens with zero attached hydrogens (tertiary/aromatic N) is 1. The molecule has 0 saturated carbocycles. The van der Waals surface area contributed by atoms with Gasteiger partial charge in [0, 0.05) is 12.8 Å². The lowest BCUT2D eigenvalue weighted by Gasteiger charge is -2.43. The molecule has 0 radical (unpaired) electrons. The second-order valence-electron chi connectivity index (χ2n) is 9.21. The molecule has 0 aromatic heterocycles. The molecule has 2 aromatic rings. The van der Waals surface area contributed by atoms with E-state index in [1.807, 2.05) is 38.1 Å². The standard InChI is InChI=1S/C25H32NO5/c1-16(2)31-20-8-6-17(7-9-20)12-19(27)14-21-23-18(10-11-26(21,3)4)13-22-24(25(23)28-5)30-15-29-22/h6-9,13,16,21H,10-12,14-15H2,1-5H3/q+1/t21-/m1/s1. The lowest BCUT2D eigenvalue weighted by Crippen LogP contribution is -2.48. The number of carbonyl (C=O) groups is 1. The summed E-state index contributed by atoms with van der Waals surface area (Å²) < 4.78 is 23.5. The quantitative estimate of drug-likeness (QED) is 0.625. The van der Waals surface area contributed by atoms with Gasteiger partial charge >= 0.3 is 0 Å². The number of hydrogen-bond donors (Lipinski definition) is 0. The molecule has 2 aliphatic heterocycles. The van der Waals surface area contributed by atoms with Crippen LogP contribution in [0.1, 0.15) is 43.0 Å². The Balaban J connectivity index is 1.57. The van der Waals surface area contributed by atoms with Gasteiger partial charge in [0.05, 0.1) is 45.8 Å². The van der Waals surface area contributed by atoms with Gasteiger partial charge in [-0.1, -0.05) is 12.1 Å². The molecule has 4 rings (SSSR count). The molecule has 166 valence electrons. The maximum absolute atomic E-state index is 13.1. The third kappa shape index (κ3) is 4.35. The Kier molecular flexibility index (Phi) is 5.84. The third-order valence-electron chi connectivity index (χ3n) is 6.20. The van der Waals surface area contributed by atoms with Crippen molar-refractivity contribution < 1.29 is 28.2 Å².